The Balaban J connectivity index is 1.47. The molecule has 6 bridgehead atoms. The standard InChI is InChI=1S/C45H66N4O12/c1-27-13-10-11-16-40-46-34(24-58-40)44-48-35(25-60-44)45-47-33(23-59-45)43(57-9)31(5)36(52)15-12-14-32(51)21-41(54)61-39(27)22-38(55-7)28(2)17-18-37(53)30(4)42(56-8)29(3)19-20-49(6)26-50/h11,16,19-20,23-32,36,38-39,42-43,51-52H,10,12-15,17-18,21-22H2,1-9H3. The van der Waals surface area contributed by atoms with E-state index in [-0.39, 0.29) is 72.2 Å². The van der Waals surface area contributed by atoms with Crippen molar-refractivity contribution in [3.8, 4) is 23.2 Å². The Morgan fingerprint density at radius 1 is 0.967 bits per heavy atom. The SMILES string of the molecule is COC(CC1OC(=O)CC(O)CCCC(O)C(C)C(OC)c2coc(n2)-c2coc(n2)-c2coc(n2)C=CCCC1C)C(C)CCC(=O)C(C)C(OC)C(C)C=CN(C)C=O. The monoisotopic (exact) mass is 854 g/mol. The van der Waals surface area contributed by atoms with E-state index in [0.29, 0.717) is 74.3 Å². The van der Waals surface area contributed by atoms with E-state index < -0.39 is 30.4 Å². The predicted molar refractivity (Wildman–Crippen MR) is 225 cm³/mol. The lowest BCUT2D eigenvalue weighted by molar-refractivity contribution is -0.156. The van der Waals surface area contributed by atoms with Crippen LogP contribution in [0.25, 0.3) is 29.2 Å². The second-order valence-corrected chi connectivity index (χ2v) is 16.5. The fourth-order valence-electron chi connectivity index (χ4n) is 7.80. The molecule has 4 rings (SSSR count). The van der Waals surface area contributed by atoms with Gasteiger partial charge in [0.05, 0.1) is 30.8 Å². The molecule has 0 aromatic carbocycles. The summed E-state index contributed by atoms with van der Waals surface area (Å²) in [5, 5.41) is 22.0. The lowest BCUT2D eigenvalue weighted by Gasteiger charge is -2.31. The molecular formula is C45H66N4O12. The topological polar surface area (TPSA) is 210 Å². The molecule has 3 aromatic heterocycles. The quantitative estimate of drug-likeness (QED) is 0.114. The maximum absolute atomic E-state index is 13.4. The molecule has 16 nitrogen and oxygen atoms in total. The number of amides is 1. The van der Waals surface area contributed by atoms with E-state index in [1.807, 2.05) is 46.8 Å². The summed E-state index contributed by atoms with van der Waals surface area (Å²) < 4.78 is 40.6. The number of ketones is 1. The maximum Gasteiger partial charge on any atom is 0.308 e. The third kappa shape index (κ3) is 14.3. The van der Waals surface area contributed by atoms with E-state index >= 15 is 0 Å². The number of Topliss-reactive ketones (excluding diaryl/α,β-unsaturated/α-hetero) is 1. The van der Waals surface area contributed by atoms with Crippen molar-refractivity contribution in [2.24, 2.45) is 29.6 Å². The minimum Gasteiger partial charge on any atom is -0.462 e. The van der Waals surface area contributed by atoms with E-state index in [1.54, 1.807) is 33.5 Å². The number of carbonyl (C=O) groups is 3. The fraction of sp³-hybridized carbons (Fsp3) is 0.644. The van der Waals surface area contributed by atoms with Crippen molar-refractivity contribution in [2.75, 3.05) is 28.4 Å². The number of aromatic nitrogens is 3. The van der Waals surface area contributed by atoms with Crippen molar-refractivity contribution in [3.05, 3.63) is 48.7 Å². The number of aliphatic hydroxyl groups excluding tert-OH is 2. The fourth-order valence-corrected chi connectivity index (χ4v) is 7.80. The van der Waals surface area contributed by atoms with Gasteiger partial charge in [-0.3, -0.25) is 14.4 Å². The highest BCUT2D eigenvalue weighted by Crippen LogP contribution is 2.33. The van der Waals surface area contributed by atoms with Crippen LogP contribution < -0.4 is 0 Å². The molecule has 338 valence electrons. The molecule has 0 fully saturated rings. The third-order valence-electron chi connectivity index (χ3n) is 11.9. The Bertz CT molecular complexity index is 1850. The number of ether oxygens (including phenoxy) is 4. The molecule has 0 aliphatic carbocycles. The van der Waals surface area contributed by atoms with Crippen LogP contribution in [0.1, 0.15) is 110 Å². The summed E-state index contributed by atoms with van der Waals surface area (Å²) in [6.07, 6.45) is 12.0. The summed E-state index contributed by atoms with van der Waals surface area (Å²) in [7, 11) is 6.38. The molecule has 0 saturated heterocycles. The summed E-state index contributed by atoms with van der Waals surface area (Å²) >= 11 is 0. The number of oxazole rings is 3. The average Bonchev–Trinajstić information content (AvgIpc) is 4.04. The summed E-state index contributed by atoms with van der Waals surface area (Å²) in [4.78, 5) is 52.8. The first-order valence-corrected chi connectivity index (χ1v) is 21.2. The van der Waals surface area contributed by atoms with Gasteiger partial charge in [-0.15, -0.1) is 0 Å². The number of carbonyl (C=O) groups excluding carboxylic acids is 3. The number of nitrogens with zero attached hydrogens (tertiary/aromatic N) is 4. The molecular weight excluding hydrogens is 789 g/mol. The van der Waals surface area contributed by atoms with Gasteiger partial charge < -0.3 is 47.3 Å². The van der Waals surface area contributed by atoms with Crippen LogP contribution in [0.3, 0.4) is 0 Å². The first-order valence-electron chi connectivity index (χ1n) is 21.2. The number of hydrogen-bond donors (Lipinski definition) is 2. The van der Waals surface area contributed by atoms with Crippen LogP contribution in [0.4, 0.5) is 0 Å². The number of fused-ring (bicyclic) bond motifs is 8. The number of allylic oxidation sites excluding steroid dienone is 1. The molecule has 0 radical (unpaired) electrons. The molecule has 0 saturated carbocycles. The summed E-state index contributed by atoms with van der Waals surface area (Å²) in [6.45, 7) is 9.70. The van der Waals surface area contributed by atoms with Crippen LogP contribution in [-0.2, 0) is 33.3 Å². The molecule has 2 N–H and O–H groups in total. The molecule has 1 aliphatic rings. The van der Waals surface area contributed by atoms with Gasteiger partial charge >= 0.3 is 5.97 Å². The number of cyclic esters (lactones) is 1. The largest absolute Gasteiger partial charge is 0.462 e. The molecule has 1 aliphatic heterocycles. The van der Waals surface area contributed by atoms with E-state index in [2.05, 4.69) is 15.0 Å². The number of methoxy groups -OCH3 is 3. The minimum atomic E-state index is -0.969. The highest BCUT2D eigenvalue weighted by atomic mass is 16.5. The van der Waals surface area contributed by atoms with Gasteiger partial charge in [-0.2, -0.15) is 0 Å². The van der Waals surface area contributed by atoms with Crippen molar-refractivity contribution in [1.29, 1.82) is 0 Å². The summed E-state index contributed by atoms with van der Waals surface area (Å²) in [5.41, 5.74) is 1.22. The van der Waals surface area contributed by atoms with Crippen molar-refractivity contribution in [2.45, 2.75) is 129 Å². The van der Waals surface area contributed by atoms with Gasteiger partial charge in [0.1, 0.15) is 42.5 Å². The lowest BCUT2D eigenvalue weighted by atomic mass is 9.85. The van der Waals surface area contributed by atoms with Gasteiger partial charge in [0.15, 0.2) is 11.4 Å². The zero-order valence-electron chi connectivity index (χ0n) is 37.1. The van der Waals surface area contributed by atoms with Crippen LogP contribution in [0.2, 0.25) is 0 Å². The van der Waals surface area contributed by atoms with Gasteiger partial charge in [-0.1, -0.05) is 46.8 Å². The summed E-state index contributed by atoms with van der Waals surface area (Å²) in [6, 6.07) is 0. The number of rotatable bonds is 15. The summed E-state index contributed by atoms with van der Waals surface area (Å²) in [5.74, 6) is -0.708. The van der Waals surface area contributed by atoms with Crippen molar-refractivity contribution in [3.63, 3.8) is 0 Å². The molecule has 11 unspecified atom stereocenters. The Labute approximate surface area is 359 Å². The normalized spacial score (nSPS) is 24.8. The van der Waals surface area contributed by atoms with Crippen molar-refractivity contribution >= 4 is 24.2 Å². The van der Waals surface area contributed by atoms with Crippen LogP contribution in [0.15, 0.2) is 50.4 Å². The number of esters is 1. The zero-order chi connectivity index (χ0) is 44.6. The molecule has 11 atom stereocenters. The highest BCUT2D eigenvalue weighted by molar-refractivity contribution is 5.81. The molecule has 3 aromatic rings. The lowest BCUT2D eigenvalue weighted by Crippen LogP contribution is -2.35. The third-order valence-corrected chi connectivity index (χ3v) is 11.9. The Morgan fingerprint density at radius 3 is 2.38 bits per heavy atom. The highest BCUT2D eigenvalue weighted by Gasteiger charge is 2.33. The number of hydrogen-bond acceptors (Lipinski definition) is 15. The Hall–Kier alpha value is -4.48. The van der Waals surface area contributed by atoms with Gasteiger partial charge in [0.2, 0.25) is 24.1 Å². The molecule has 61 heavy (non-hydrogen) atoms. The second kappa shape index (κ2) is 24.2. The maximum atomic E-state index is 13.4. The molecule has 4 heterocycles. The Morgan fingerprint density at radius 2 is 1.67 bits per heavy atom. The minimum absolute atomic E-state index is 0.0547. The molecule has 16 heteroatoms. The van der Waals surface area contributed by atoms with Gasteiger partial charge in [0.25, 0.3) is 0 Å². The smallest absolute Gasteiger partial charge is 0.308 e. The van der Waals surface area contributed by atoms with E-state index in [4.69, 9.17) is 32.2 Å². The first-order chi connectivity index (χ1) is 29.2. The van der Waals surface area contributed by atoms with Crippen LogP contribution in [-0.4, -0.2) is 107 Å². The van der Waals surface area contributed by atoms with Gasteiger partial charge in [-0.05, 0) is 56.4 Å². The van der Waals surface area contributed by atoms with Gasteiger partial charge in [-0.25, -0.2) is 15.0 Å². The Kier molecular flexibility index (Phi) is 19.5. The van der Waals surface area contributed by atoms with Crippen molar-refractivity contribution < 1.29 is 56.8 Å². The predicted octanol–water partition coefficient (Wildman–Crippen LogP) is 7.22. The van der Waals surface area contributed by atoms with Gasteiger partial charge in [0, 0.05) is 65.2 Å². The van der Waals surface area contributed by atoms with E-state index in [0.717, 1.165) is 0 Å². The van der Waals surface area contributed by atoms with Crippen LogP contribution in [0.5, 0.6) is 0 Å². The molecule has 1 amide bonds. The van der Waals surface area contributed by atoms with Crippen LogP contribution in [0, 0.1) is 29.6 Å². The molecule has 0 spiro atoms. The van der Waals surface area contributed by atoms with E-state index in [9.17, 15) is 24.6 Å². The first kappa shape index (κ1) is 49.2. The average molecular weight is 855 g/mol. The second-order valence-electron chi connectivity index (χ2n) is 16.5. The zero-order valence-corrected chi connectivity index (χ0v) is 37.1. The van der Waals surface area contributed by atoms with Crippen molar-refractivity contribution in [1.82, 2.24) is 19.9 Å². The number of aliphatic hydroxyl groups is 2. The van der Waals surface area contributed by atoms with Crippen LogP contribution >= 0.6 is 0 Å². The van der Waals surface area contributed by atoms with E-state index in [1.165, 1.54) is 30.8 Å².